The van der Waals surface area contributed by atoms with E-state index in [1.165, 1.54) is 12.1 Å². The fourth-order valence-electron chi connectivity index (χ4n) is 2.45. The van der Waals surface area contributed by atoms with Gasteiger partial charge in [-0.3, -0.25) is 9.59 Å². The Bertz CT molecular complexity index is 829. The molecule has 0 spiro atoms. The zero-order valence-corrected chi connectivity index (χ0v) is 15.1. The number of phenolic OH excluding ortho intramolecular Hbond substituents is 1. The number of rotatable bonds is 6. The molecular formula is C20H23N3O3. The van der Waals surface area contributed by atoms with E-state index >= 15 is 0 Å². The Hall–Kier alpha value is -3.15. The summed E-state index contributed by atoms with van der Waals surface area (Å²) in [5.74, 6) is -0.579. The van der Waals surface area contributed by atoms with Crippen LogP contribution in [0.1, 0.15) is 49.0 Å². The summed E-state index contributed by atoms with van der Waals surface area (Å²) in [6, 6.07) is 13.8. The Kier molecular flexibility index (Phi) is 6.49. The van der Waals surface area contributed by atoms with Crippen molar-refractivity contribution in [2.75, 3.05) is 5.32 Å². The molecule has 0 unspecified atom stereocenters. The number of hydrogen-bond acceptors (Lipinski definition) is 4. The predicted octanol–water partition coefficient (Wildman–Crippen LogP) is 3.65. The van der Waals surface area contributed by atoms with Crippen molar-refractivity contribution in [3.63, 3.8) is 0 Å². The van der Waals surface area contributed by atoms with Gasteiger partial charge in [0.2, 0.25) is 5.91 Å². The molecule has 0 aliphatic carbocycles. The van der Waals surface area contributed by atoms with Crippen LogP contribution in [0, 0.1) is 0 Å². The summed E-state index contributed by atoms with van der Waals surface area (Å²) in [7, 11) is 0. The average molecular weight is 353 g/mol. The highest BCUT2D eigenvalue weighted by Gasteiger charge is 2.12. The molecule has 0 aliphatic rings. The lowest BCUT2D eigenvalue weighted by Gasteiger charge is -2.13. The molecular weight excluding hydrogens is 330 g/mol. The third-order valence-corrected chi connectivity index (χ3v) is 3.77. The van der Waals surface area contributed by atoms with E-state index in [1.807, 2.05) is 24.3 Å². The first-order valence-corrected chi connectivity index (χ1v) is 8.38. The summed E-state index contributed by atoms with van der Waals surface area (Å²) in [5.41, 5.74) is 4.76. The minimum Gasteiger partial charge on any atom is -0.507 e. The number of aromatic hydroxyl groups is 1. The van der Waals surface area contributed by atoms with E-state index in [0.29, 0.717) is 11.6 Å². The topological polar surface area (TPSA) is 90.8 Å². The van der Waals surface area contributed by atoms with Crippen molar-refractivity contribution >= 4 is 23.2 Å². The molecule has 0 saturated carbocycles. The minimum atomic E-state index is -0.534. The molecule has 6 heteroatoms. The number of hydrogen-bond donors (Lipinski definition) is 3. The van der Waals surface area contributed by atoms with Gasteiger partial charge in [-0.1, -0.05) is 44.2 Å². The van der Waals surface area contributed by atoms with Crippen molar-refractivity contribution in [1.82, 2.24) is 5.43 Å². The highest BCUT2D eigenvalue weighted by atomic mass is 16.3. The van der Waals surface area contributed by atoms with E-state index in [-0.39, 0.29) is 23.6 Å². The SMILES string of the molecule is C/C(CC(=O)Nc1ccccc1C(C)C)=N\NC(=O)c1ccccc1O. The molecule has 26 heavy (non-hydrogen) atoms. The maximum absolute atomic E-state index is 12.2. The molecule has 2 aromatic rings. The number of para-hydroxylation sites is 2. The Morgan fingerprint density at radius 1 is 1.08 bits per heavy atom. The molecule has 0 aliphatic heterocycles. The number of carbonyl (C=O) groups excluding carboxylic acids is 2. The Labute approximate surface area is 152 Å². The van der Waals surface area contributed by atoms with Crippen LogP contribution in [0.2, 0.25) is 0 Å². The number of benzene rings is 2. The lowest BCUT2D eigenvalue weighted by Crippen LogP contribution is -2.21. The number of anilines is 1. The summed E-state index contributed by atoms with van der Waals surface area (Å²) in [6.07, 6.45) is 0.0491. The summed E-state index contributed by atoms with van der Waals surface area (Å²) < 4.78 is 0. The quantitative estimate of drug-likeness (QED) is 0.547. The molecule has 0 aromatic heterocycles. The van der Waals surface area contributed by atoms with E-state index < -0.39 is 5.91 Å². The second kappa shape index (κ2) is 8.80. The monoisotopic (exact) mass is 353 g/mol. The highest BCUT2D eigenvalue weighted by molar-refractivity contribution is 6.06. The molecule has 2 amide bonds. The van der Waals surface area contributed by atoms with Crippen LogP contribution in [0.3, 0.4) is 0 Å². The van der Waals surface area contributed by atoms with Gasteiger partial charge in [-0.05, 0) is 36.6 Å². The van der Waals surface area contributed by atoms with Crippen molar-refractivity contribution in [2.45, 2.75) is 33.1 Å². The normalized spacial score (nSPS) is 11.3. The lowest BCUT2D eigenvalue weighted by molar-refractivity contribution is -0.115. The standard InChI is InChI=1S/C20H23N3O3/c1-13(2)15-8-4-6-10-17(15)21-19(25)12-14(3)22-23-20(26)16-9-5-7-11-18(16)24/h4-11,13,24H,12H2,1-3H3,(H,21,25)(H,23,26)/b22-14+. The number of amides is 2. The van der Waals surface area contributed by atoms with Crippen molar-refractivity contribution < 1.29 is 14.7 Å². The van der Waals surface area contributed by atoms with Gasteiger partial charge in [0.1, 0.15) is 5.75 Å². The van der Waals surface area contributed by atoms with Crippen molar-refractivity contribution in [3.8, 4) is 5.75 Å². The van der Waals surface area contributed by atoms with Gasteiger partial charge >= 0.3 is 0 Å². The Morgan fingerprint density at radius 2 is 1.73 bits per heavy atom. The van der Waals surface area contributed by atoms with Gasteiger partial charge in [0.15, 0.2) is 0 Å². The van der Waals surface area contributed by atoms with Crippen molar-refractivity contribution in [3.05, 3.63) is 59.7 Å². The maximum Gasteiger partial charge on any atom is 0.275 e. The first-order chi connectivity index (χ1) is 12.4. The summed E-state index contributed by atoms with van der Waals surface area (Å²) in [5, 5.41) is 16.5. The summed E-state index contributed by atoms with van der Waals surface area (Å²) in [6.45, 7) is 5.78. The van der Waals surface area contributed by atoms with E-state index in [0.717, 1.165) is 11.3 Å². The zero-order valence-electron chi connectivity index (χ0n) is 15.1. The largest absolute Gasteiger partial charge is 0.507 e. The van der Waals surface area contributed by atoms with Crippen LogP contribution < -0.4 is 10.7 Å². The molecule has 6 nitrogen and oxygen atoms in total. The lowest BCUT2D eigenvalue weighted by atomic mass is 10.0. The molecule has 2 aromatic carbocycles. The molecule has 0 atom stereocenters. The average Bonchev–Trinajstić information content (AvgIpc) is 2.60. The molecule has 0 radical (unpaired) electrons. The fourth-order valence-corrected chi connectivity index (χ4v) is 2.45. The van der Waals surface area contributed by atoms with Gasteiger partial charge in [0.05, 0.1) is 12.0 Å². The summed E-state index contributed by atoms with van der Waals surface area (Å²) >= 11 is 0. The first-order valence-electron chi connectivity index (χ1n) is 8.38. The van der Waals surface area contributed by atoms with Gasteiger partial charge in [-0.25, -0.2) is 5.43 Å². The molecule has 0 fully saturated rings. The van der Waals surface area contributed by atoms with Crippen LogP contribution in [0.5, 0.6) is 5.75 Å². The van der Waals surface area contributed by atoms with Crippen LogP contribution >= 0.6 is 0 Å². The zero-order chi connectivity index (χ0) is 19.1. The molecule has 0 bridgehead atoms. The Morgan fingerprint density at radius 3 is 2.42 bits per heavy atom. The van der Waals surface area contributed by atoms with E-state index in [4.69, 9.17) is 0 Å². The van der Waals surface area contributed by atoms with E-state index in [9.17, 15) is 14.7 Å². The molecule has 0 saturated heterocycles. The third-order valence-electron chi connectivity index (χ3n) is 3.77. The number of nitrogens with one attached hydrogen (secondary N) is 2. The number of hydrazone groups is 1. The Balaban J connectivity index is 1.96. The van der Waals surface area contributed by atoms with Crippen molar-refractivity contribution in [2.24, 2.45) is 5.10 Å². The smallest absolute Gasteiger partial charge is 0.275 e. The number of phenols is 1. The van der Waals surface area contributed by atoms with Crippen molar-refractivity contribution in [1.29, 1.82) is 0 Å². The van der Waals surface area contributed by atoms with Gasteiger partial charge in [0, 0.05) is 11.4 Å². The fraction of sp³-hybridized carbons (Fsp3) is 0.250. The van der Waals surface area contributed by atoms with Gasteiger partial charge in [0.25, 0.3) is 5.91 Å². The maximum atomic E-state index is 12.2. The van der Waals surface area contributed by atoms with Gasteiger partial charge in [-0.15, -0.1) is 0 Å². The molecule has 3 N–H and O–H groups in total. The first kappa shape index (κ1) is 19.2. The van der Waals surface area contributed by atoms with Crippen LogP contribution in [0.15, 0.2) is 53.6 Å². The third kappa shape index (κ3) is 5.17. The number of carbonyl (C=O) groups is 2. The van der Waals surface area contributed by atoms with Gasteiger partial charge < -0.3 is 10.4 Å². The number of nitrogens with zero attached hydrogens (tertiary/aromatic N) is 1. The predicted molar refractivity (Wildman–Crippen MR) is 102 cm³/mol. The molecule has 2 rings (SSSR count). The second-order valence-corrected chi connectivity index (χ2v) is 6.27. The molecule has 136 valence electrons. The van der Waals surface area contributed by atoms with Crippen LogP contribution in [-0.4, -0.2) is 22.6 Å². The van der Waals surface area contributed by atoms with Gasteiger partial charge in [-0.2, -0.15) is 5.10 Å². The minimum absolute atomic E-state index is 0.0491. The summed E-state index contributed by atoms with van der Waals surface area (Å²) in [4.78, 5) is 24.2. The van der Waals surface area contributed by atoms with Crippen LogP contribution in [0.4, 0.5) is 5.69 Å². The van der Waals surface area contributed by atoms with E-state index in [1.54, 1.807) is 19.1 Å². The second-order valence-electron chi connectivity index (χ2n) is 6.27. The highest BCUT2D eigenvalue weighted by Crippen LogP contribution is 2.23. The van der Waals surface area contributed by atoms with Crippen LogP contribution in [-0.2, 0) is 4.79 Å². The van der Waals surface area contributed by atoms with E-state index in [2.05, 4.69) is 29.7 Å². The van der Waals surface area contributed by atoms with Crippen LogP contribution in [0.25, 0.3) is 0 Å². The molecule has 0 heterocycles.